The zero-order valence-electron chi connectivity index (χ0n) is 9.04. The normalized spacial score (nSPS) is 22.5. The topological polar surface area (TPSA) is 40.2 Å². The minimum atomic E-state index is 0.180. The quantitative estimate of drug-likeness (QED) is 0.813. The van der Waals surface area contributed by atoms with Crippen LogP contribution in [0.4, 0.5) is 0 Å². The van der Waals surface area contributed by atoms with Crippen molar-refractivity contribution in [2.24, 2.45) is 5.73 Å². The molecular formula is C12H18N2O. The Hall–Kier alpha value is -0.800. The van der Waals surface area contributed by atoms with Crippen LogP contribution in [0.3, 0.4) is 0 Å². The number of rotatable bonds is 3. The lowest BCUT2D eigenvalue weighted by Gasteiger charge is -2.14. The van der Waals surface area contributed by atoms with Crippen LogP contribution in [-0.4, -0.2) is 16.7 Å². The fourth-order valence-electron chi connectivity index (χ4n) is 2.23. The van der Waals surface area contributed by atoms with E-state index in [-0.39, 0.29) is 5.54 Å². The van der Waals surface area contributed by atoms with Crippen LogP contribution >= 0.6 is 0 Å². The van der Waals surface area contributed by atoms with Crippen LogP contribution in [0.1, 0.15) is 30.5 Å². The van der Waals surface area contributed by atoms with Gasteiger partial charge in [-0.3, -0.25) is 0 Å². The summed E-state index contributed by atoms with van der Waals surface area (Å²) in [6.07, 6.45) is 6.95. The highest BCUT2D eigenvalue weighted by atomic mass is 16.5. The summed E-state index contributed by atoms with van der Waals surface area (Å²) in [4.78, 5) is 0. The second kappa shape index (κ2) is 3.35. The Morgan fingerprint density at radius 3 is 3.07 bits per heavy atom. The minimum absolute atomic E-state index is 0.180. The summed E-state index contributed by atoms with van der Waals surface area (Å²) < 4.78 is 7.74. The van der Waals surface area contributed by atoms with Crippen LogP contribution in [0.2, 0.25) is 0 Å². The molecule has 0 atom stereocenters. The summed E-state index contributed by atoms with van der Waals surface area (Å²) in [5.41, 5.74) is 9.01. The highest BCUT2D eigenvalue weighted by molar-refractivity contribution is 5.20. The standard InChI is InChI=1S/C12H18N2O/c13-12(3-4-12)2-1-10-7-11-9-15-6-5-14(11)8-10/h7-8H,1-6,9,13H2. The van der Waals surface area contributed by atoms with E-state index >= 15 is 0 Å². The average Bonchev–Trinajstić information content (AvgIpc) is 2.83. The first-order chi connectivity index (χ1) is 7.25. The molecule has 0 unspecified atom stereocenters. The minimum Gasteiger partial charge on any atom is -0.373 e. The van der Waals surface area contributed by atoms with Gasteiger partial charge in [-0.25, -0.2) is 0 Å². The maximum absolute atomic E-state index is 6.09. The Labute approximate surface area is 90.2 Å². The Morgan fingerprint density at radius 2 is 2.33 bits per heavy atom. The number of fused-ring (bicyclic) bond motifs is 1. The first-order valence-corrected chi connectivity index (χ1v) is 5.80. The predicted octanol–water partition coefficient (Wildman–Crippen LogP) is 1.44. The van der Waals surface area contributed by atoms with E-state index in [1.807, 2.05) is 0 Å². The monoisotopic (exact) mass is 206 g/mol. The molecule has 1 aliphatic heterocycles. The lowest BCUT2D eigenvalue weighted by molar-refractivity contribution is 0.0850. The van der Waals surface area contributed by atoms with E-state index in [1.54, 1.807) is 0 Å². The summed E-state index contributed by atoms with van der Waals surface area (Å²) in [6, 6.07) is 2.27. The van der Waals surface area contributed by atoms with E-state index in [4.69, 9.17) is 10.5 Å². The number of hydrogen-bond donors (Lipinski definition) is 1. The van der Waals surface area contributed by atoms with Crippen LogP contribution in [0.15, 0.2) is 12.3 Å². The summed E-state index contributed by atoms with van der Waals surface area (Å²) in [5, 5.41) is 0. The first-order valence-electron chi connectivity index (χ1n) is 5.80. The second-order valence-electron chi connectivity index (χ2n) is 4.95. The smallest absolute Gasteiger partial charge is 0.0868 e. The van der Waals surface area contributed by atoms with E-state index in [0.717, 1.165) is 32.6 Å². The highest BCUT2D eigenvalue weighted by Crippen LogP contribution is 2.36. The van der Waals surface area contributed by atoms with Crippen molar-refractivity contribution >= 4 is 0 Å². The molecule has 3 rings (SSSR count). The Kier molecular flexibility index (Phi) is 2.11. The van der Waals surface area contributed by atoms with Gasteiger partial charge in [0.15, 0.2) is 0 Å². The van der Waals surface area contributed by atoms with Gasteiger partial charge in [0.25, 0.3) is 0 Å². The molecule has 15 heavy (non-hydrogen) atoms. The molecule has 0 amide bonds. The lowest BCUT2D eigenvalue weighted by atomic mass is 10.1. The van der Waals surface area contributed by atoms with Crippen molar-refractivity contribution < 1.29 is 4.74 Å². The molecule has 2 heterocycles. The molecule has 1 aromatic heterocycles. The molecule has 0 aromatic carbocycles. The number of ether oxygens (including phenoxy) is 1. The third-order valence-corrected chi connectivity index (χ3v) is 3.57. The number of aromatic nitrogens is 1. The van der Waals surface area contributed by atoms with Crippen LogP contribution in [0, 0.1) is 0 Å². The molecule has 82 valence electrons. The van der Waals surface area contributed by atoms with Gasteiger partial charge in [-0.2, -0.15) is 0 Å². The van der Waals surface area contributed by atoms with Gasteiger partial charge >= 0.3 is 0 Å². The highest BCUT2D eigenvalue weighted by Gasteiger charge is 2.37. The molecule has 3 heteroatoms. The van der Waals surface area contributed by atoms with Gasteiger partial charge in [-0.05, 0) is 37.3 Å². The van der Waals surface area contributed by atoms with Gasteiger partial charge < -0.3 is 15.0 Å². The Morgan fingerprint density at radius 1 is 1.47 bits per heavy atom. The van der Waals surface area contributed by atoms with E-state index in [1.165, 1.54) is 24.1 Å². The average molecular weight is 206 g/mol. The van der Waals surface area contributed by atoms with Gasteiger partial charge in [-0.15, -0.1) is 0 Å². The molecule has 0 bridgehead atoms. The summed E-state index contributed by atoms with van der Waals surface area (Å²) in [5.74, 6) is 0. The van der Waals surface area contributed by atoms with Gasteiger partial charge in [0.2, 0.25) is 0 Å². The van der Waals surface area contributed by atoms with E-state index in [2.05, 4.69) is 16.8 Å². The predicted molar refractivity (Wildman–Crippen MR) is 58.6 cm³/mol. The molecular weight excluding hydrogens is 188 g/mol. The third kappa shape index (κ3) is 1.94. The second-order valence-corrected chi connectivity index (χ2v) is 4.95. The largest absolute Gasteiger partial charge is 0.373 e. The van der Waals surface area contributed by atoms with Crippen LogP contribution in [0.25, 0.3) is 0 Å². The van der Waals surface area contributed by atoms with Gasteiger partial charge in [0, 0.05) is 24.0 Å². The van der Waals surface area contributed by atoms with Crippen LogP contribution in [0.5, 0.6) is 0 Å². The maximum atomic E-state index is 6.09. The molecule has 1 fully saturated rings. The van der Waals surface area contributed by atoms with Crippen molar-refractivity contribution in [2.45, 2.75) is 44.4 Å². The van der Waals surface area contributed by atoms with Gasteiger partial charge in [0.05, 0.1) is 13.2 Å². The van der Waals surface area contributed by atoms with E-state index in [0.29, 0.717) is 0 Å². The van der Waals surface area contributed by atoms with Crippen LogP contribution < -0.4 is 5.73 Å². The zero-order valence-corrected chi connectivity index (χ0v) is 9.04. The Bertz CT molecular complexity index is 342. The van der Waals surface area contributed by atoms with Crippen molar-refractivity contribution in [1.82, 2.24) is 4.57 Å². The van der Waals surface area contributed by atoms with Crippen molar-refractivity contribution in [3.05, 3.63) is 23.5 Å². The number of nitrogens with two attached hydrogens (primary N) is 1. The third-order valence-electron chi connectivity index (χ3n) is 3.57. The first kappa shape index (κ1) is 9.43. The molecule has 1 saturated carbocycles. The molecule has 0 spiro atoms. The zero-order chi connectivity index (χ0) is 10.3. The fourth-order valence-corrected chi connectivity index (χ4v) is 2.23. The van der Waals surface area contributed by atoms with Crippen LogP contribution in [-0.2, 0) is 24.3 Å². The van der Waals surface area contributed by atoms with Crippen molar-refractivity contribution in [3.8, 4) is 0 Å². The molecule has 0 radical (unpaired) electrons. The summed E-state index contributed by atoms with van der Waals surface area (Å²) in [7, 11) is 0. The molecule has 1 aliphatic carbocycles. The van der Waals surface area contributed by atoms with Crippen molar-refractivity contribution in [1.29, 1.82) is 0 Å². The molecule has 0 saturated heterocycles. The molecule has 2 aliphatic rings. The van der Waals surface area contributed by atoms with Crippen molar-refractivity contribution in [3.63, 3.8) is 0 Å². The van der Waals surface area contributed by atoms with Gasteiger partial charge in [-0.1, -0.05) is 0 Å². The molecule has 3 nitrogen and oxygen atoms in total. The maximum Gasteiger partial charge on any atom is 0.0868 e. The lowest BCUT2D eigenvalue weighted by Crippen LogP contribution is -2.21. The SMILES string of the molecule is NC1(CCc2cc3n(c2)CCOC3)CC1. The number of hydrogen-bond acceptors (Lipinski definition) is 2. The summed E-state index contributed by atoms with van der Waals surface area (Å²) in [6.45, 7) is 2.62. The molecule has 1 aromatic rings. The van der Waals surface area contributed by atoms with E-state index < -0.39 is 0 Å². The summed E-state index contributed by atoms with van der Waals surface area (Å²) >= 11 is 0. The van der Waals surface area contributed by atoms with Gasteiger partial charge in [0.1, 0.15) is 0 Å². The van der Waals surface area contributed by atoms with E-state index in [9.17, 15) is 0 Å². The Balaban J connectivity index is 1.67. The fraction of sp³-hybridized carbons (Fsp3) is 0.667. The number of nitrogens with zero attached hydrogens (tertiary/aromatic N) is 1. The molecule has 2 N–H and O–H groups in total. The van der Waals surface area contributed by atoms with Crippen molar-refractivity contribution in [2.75, 3.05) is 6.61 Å². The number of aryl methyl sites for hydroxylation is 1.